The molecule has 2 saturated heterocycles. The Morgan fingerprint density at radius 1 is 1.21 bits per heavy atom. The summed E-state index contributed by atoms with van der Waals surface area (Å²) in [5.74, 6) is -0.403. The molecule has 0 aliphatic carbocycles. The summed E-state index contributed by atoms with van der Waals surface area (Å²) < 4.78 is 30.6. The van der Waals surface area contributed by atoms with Crippen molar-refractivity contribution in [1.29, 1.82) is 0 Å². The third-order valence-corrected chi connectivity index (χ3v) is 8.60. The maximum atomic E-state index is 14.2. The van der Waals surface area contributed by atoms with Crippen molar-refractivity contribution in [2.24, 2.45) is 0 Å². The fourth-order valence-electron chi connectivity index (χ4n) is 6.14. The number of amides is 1. The van der Waals surface area contributed by atoms with Crippen molar-refractivity contribution in [3.05, 3.63) is 53.0 Å². The van der Waals surface area contributed by atoms with Crippen LogP contribution in [-0.4, -0.2) is 103 Å². The fourth-order valence-corrected chi connectivity index (χ4v) is 6.14. The van der Waals surface area contributed by atoms with Crippen LogP contribution in [0.3, 0.4) is 0 Å². The molecule has 0 saturated carbocycles. The van der Waals surface area contributed by atoms with E-state index in [4.69, 9.17) is 19.2 Å². The van der Waals surface area contributed by atoms with Crippen LogP contribution in [0.4, 0.5) is 10.1 Å². The van der Waals surface area contributed by atoms with E-state index in [9.17, 15) is 14.0 Å². The Bertz CT molecular complexity index is 1310. The minimum Gasteiger partial charge on any atom is -0.474 e. The summed E-state index contributed by atoms with van der Waals surface area (Å²) in [6.07, 6.45) is 0.431. The van der Waals surface area contributed by atoms with E-state index < -0.39 is 5.97 Å². The summed E-state index contributed by atoms with van der Waals surface area (Å²) in [6.45, 7) is 15.1. The summed E-state index contributed by atoms with van der Waals surface area (Å²) in [7, 11) is 0. The number of piperazine rings is 1. The standard InChI is InChI=1S/C32H44FN5O5/c1-21-15-36(27(14-34-21)16-37-10-11-41-20-32(37,4)5)17-30(40)38-22(2)18-43-31-29(38)13-25(28(35-31)19-42-23(3)39)12-24-6-8-26(33)9-7-24/h6-9,13,21-22,27,34H,10-12,14-20H2,1-5H3/t21-,22+,27-/m1/s1. The van der Waals surface area contributed by atoms with Gasteiger partial charge in [0.25, 0.3) is 0 Å². The van der Waals surface area contributed by atoms with Crippen LogP contribution in [-0.2, 0) is 32.1 Å². The molecule has 234 valence electrons. The molecule has 5 rings (SSSR count). The molecule has 1 aromatic carbocycles. The largest absolute Gasteiger partial charge is 0.474 e. The number of nitrogens with zero attached hydrogens (tertiary/aromatic N) is 4. The number of fused-ring (bicyclic) bond motifs is 1. The number of nitrogens with one attached hydrogen (secondary N) is 1. The minimum absolute atomic E-state index is 0.0142. The highest BCUT2D eigenvalue weighted by Gasteiger charge is 2.38. The van der Waals surface area contributed by atoms with Gasteiger partial charge in [-0.2, -0.15) is 0 Å². The molecule has 0 radical (unpaired) electrons. The van der Waals surface area contributed by atoms with E-state index in [2.05, 4.69) is 35.9 Å². The van der Waals surface area contributed by atoms with Gasteiger partial charge >= 0.3 is 5.97 Å². The summed E-state index contributed by atoms with van der Waals surface area (Å²) in [5, 5.41) is 3.60. The van der Waals surface area contributed by atoms with E-state index in [1.54, 1.807) is 17.0 Å². The van der Waals surface area contributed by atoms with Crippen molar-refractivity contribution in [2.45, 2.75) is 71.3 Å². The lowest BCUT2D eigenvalue weighted by Gasteiger charge is -2.47. The second-order valence-corrected chi connectivity index (χ2v) is 12.6. The van der Waals surface area contributed by atoms with Crippen LogP contribution in [0.1, 0.15) is 51.4 Å². The van der Waals surface area contributed by atoms with Crippen LogP contribution >= 0.6 is 0 Å². The maximum absolute atomic E-state index is 14.2. The van der Waals surface area contributed by atoms with Crippen molar-refractivity contribution in [3.8, 4) is 5.88 Å². The van der Waals surface area contributed by atoms with Gasteiger partial charge in [-0.05, 0) is 63.4 Å². The quantitative estimate of drug-likeness (QED) is 0.461. The Hall–Kier alpha value is -3.12. The number of aromatic nitrogens is 1. The van der Waals surface area contributed by atoms with Gasteiger partial charge in [0.05, 0.1) is 31.5 Å². The molecule has 0 spiro atoms. The van der Waals surface area contributed by atoms with E-state index >= 15 is 0 Å². The number of hydrogen-bond acceptors (Lipinski definition) is 9. The van der Waals surface area contributed by atoms with E-state index in [1.807, 2.05) is 13.0 Å². The molecule has 3 aliphatic heterocycles. The summed E-state index contributed by atoms with van der Waals surface area (Å²) in [5.41, 5.74) is 2.74. The van der Waals surface area contributed by atoms with E-state index in [0.717, 1.165) is 37.3 Å². The van der Waals surface area contributed by atoms with E-state index in [-0.39, 0.29) is 48.5 Å². The third kappa shape index (κ3) is 7.52. The van der Waals surface area contributed by atoms with Crippen LogP contribution in [0.25, 0.3) is 0 Å². The number of carbonyl (C=O) groups excluding carboxylic acids is 2. The Morgan fingerprint density at radius 2 is 1.98 bits per heavy atom. The van der Waals surface area contributed by atoms with Crippen LogP contribution in [0.2, 0.25) is 0 Å². The third-order valence-electron chi connectivity index (χ3n) is 8.60. The zero-order valence-corrected chi connectivity index (χ0v) is 25.9. The average Bonchev–Trinajstić information content (AvgIpc) is 2.95. The van der Waals surface area contributed by atoms with Gasteiger partial charge in [0, 0.05) is 50.7 Å². The molecule has 4 heterocycles. The van der Waals surface area contributed by atoms with Gasteiger partial charge < -0.3 is 24.4 Å². The van der Waals surface area contributed by atoms with Gasteiger partial charge in [-0.3, -0.25) is 19.4 Å². The van der Waals surface area contributed by atoms with E-state index in [0.29, 0.717) is 43.5 Å². The number of morpholine rings is 1. The Morgan fingerprint density at radius 3 is 2.70 bits per heavy atom. The molecular formula is C32H44FN5O5. The average molecular weight is 598 g/mol. The van der Waals surface area contributed by atoms with Crippen molar-refractivity contribution >= 4 is 17.6 Å². The Kier molecular flexibility index (Phi) is 9.65. The highest BCUT2D eigenvalue weighted by Crippen LogP contribution is 2.35. The second kappa shape index (κ2) is 13.3. The SMILES string of the molecule is CC(=O)OCc1nc2c(cc1Cc1ccc(F)cc1)N(C(=O)CN1C[C@@H](C)NC[C@@H]1CN1CCOCC1(C)C)[C@@H](C)CO2. The number of anilines is 1. The zero-order chi connectivity index (χ0) is 30.7. The summed E-state index contributed by atoms with van der Waals surface area (Å²) in [6, 6.07) is 8.41. The smallest absolute Gasteiger partial charge is 0.303 e. The van der Waals surface area contributed by atoms with Crippen LogP contribution in [0.15, 0.2) is 30.3 Å². The summed E-state index contributed by atoms with van der Waals surface area (Å²) in [4.78, 5) is 37.1. The lowest BCUT2D eigenvalue weighted by Crippen LogP contribution is -2.64. The number of pyridine rings is 1. The molecule has 2 fully saturated rings. The monoisotopic (exact) mass is 597 g/mol. The molecule has 11 heteroatoms. The first-order chi connectivity index (χ1) is 20.5. The molecule has 0 unspecified atom stereocenters. The lowest BCUT2D eigenvalue weighted by molar-refractivity contribution is -0.142. The number of hydrogen-bond donors (Lipinski definition) is 1. The van der Waals surface area contributed by atoms with Gasteiger partial charge in [-0.1, -0.05) is 12.1 Å². The molecule has 10 nitrogen and oxygen atoms in total. The number of benzene rings is 1. The number of esters is 1. The highest BCUT2D eigenvalue weighted by atomic mass is 19.1. The molecule has 1 N–H and O–H groups in total. The van der Waals surface area contributed by atoms with Crippen molar-refractivity contribution in [1.82, 2.24) is 20.1 Å². The topological polar surface area (TPSA) is 96.5 Å². The zero-order valence-electron chi connectivity index (χ0n) is 25.9. The first-order valence-corrected chi connectivity index (χ1v) is 15.2. The highest BCUT2D eigenvalue weighted by molar-refractivity contribution is 5.97. The van der Waals surface area contributed by atoms with Crippen LogP contribution in [0.5, 0.6) is 5.88 Å². The van der Waals surface area contributed by atoms with Crippen LogP contribution in [0, 0.1) is 5.82 Å². The van der Waals surface area contributed by atoms with Crippen molar-refractivity contribution < 1.29 is 28.2 Å². The van der Waals surface area contributed by atoms with Crippen molar-refractivity contribution in [3.63, 3.8) is 0 Å². The lowest BCUT2D eigenvalue weighted by atomic mass is 10.00. The van der Waals surface area contributed by atoms with Gasteiger partial charge in [0.1, 0.15) is 24.7 Å². The van der Waals surface area contributed by atoms with Crippen LogP contribution < -0.4 is 15.0 Å². The van der Waals surface area contributed by atoms with Gasteiger partial charge in [-0.15, -0.1) is 0 Å². The number of halogens is 1. The van der Waals surface area contributed by atoms with Gasteiger partial charge in [0.2, 0.25) is 11.8 Å². The number of rotatable bonds is 8. The first kappa shape index (κ1) is 31.3. The minimum atomic E-state index is -0.418. The molecule has 1 aromatic heterocycles. The first-order valence-electron chi connectivity index (χ1n) is 15.2. The van der Waals surface area contributed by atoms with E-state index in [1.165, 1.54) is 19.1 Å². The predicted octanol–water partition coefficient (Wildman–Crippen LogP) is 2.76. The number of carbonyl (C=O) groups is 2. The van der Waals surface area contributed by atoms with Gasteiger partial charge in [-0.25, -0.2) is 9.37 Å². The predicted molar refractivity (Wildman–Crippen MR) is 161 cm³/mol. The molecule has 43 heavy (non-hydrogen) atoms. The normalized spacial score (nSPS) is 24.2. The number of ether oxygens (including phenoxy) is 3. The second-order valence-electron chi connectivity index (χ2n) is 12.6. The summed E-state index contributed by atoms with van der Waals surface area (Å²) >= 11 is 0. The molecule has 3 aliphatic rings. The van der Waals surface area contributed by atoms with Crippen molar-refractivity contribution in [2.75, 3.05) is 57.4 Å². The van der Waals surface area contributed by atoms with Gasteiger partial charge in [0.15, 0.2) is 0 Å². The Balaban J connectivity index is 1.40. The fraction of sp³-hybridized carbons (Fsp3) is 0.594. The molecule has 0 bridgehead atoms. The molecule has 3 atom stereocenters. The molecular weight excluding hydrogens is 553 g/mol. The molecule has 2 aromatic rings. The maximum Gasteiger partial charge on any atom is 0.303 e. The Labute approximate surface area is 253 Å². The molecule has 1 amide bonds.